The maximum atomic E-state index is 12.4. The fourth-order valence-electron chi connectivity index (χ4n) is 17.4. The lowest BCUT2D eigenvalue weighted by molar-refractivity contribution is -0.161. The zero-order chi connectivity index (χ0) is 53.5. The summed E-state index contributed by atoms with van der Waals surface area (Å²) >= 11 is 0. The number of aromatic nitrogens is 3. The molecule has 3 aromatic carbocycles. The standard InChI is InChI=1S/3C21H26N2O3/c3*1-26-21(25)19-15-10-17-20-14(13-4-2-3-5-16(13)22-20)8-9-23(17)11-12(15)6-7-18(19)24/h3*2-5,12,15,17-19,22,24H,6-11H2,1H3/t3*12-,15+,17+,18+,19+/m111/s1. The van der Waals surface area contributed by atoms with E-state index in [9.17, 15) is 29.7 Å². The zero-order valence-corrected chi connectivity index (χ0v) is 45.4. The van der Waals surface area contributed by atoms with Crippen molar-refractivity contribution in [1.29, 1.82) is 0 Å². The second-order valence-electron chi connectivity index (χ2n) is 24.5. The lowest BCUT2D eigenvalue weighted by Crippen LogP contribution is -2.53. The Morgan fingerprint density at radius 3 is 1.00 bits per heavy atom. The molecular weight excluding hydrogens is 985 g/mol. The number of rotatable bonds is 3. The summed E-state index contributed by atoms with van der Waals surface area (Å²) in [5.74, 6) is 0.162. The first-order chi connectivity index (χ1) is 38.0. The van der Waals surface area contributed by atoms with Crippen LogP contribution >= 0.6 is 0 Å². The minimum absolute atomic E-state index is 0.199. The van der Waals surface area contributed by atoms with E-state index < -0.39 is 18.3 Å². The van der Waals surface area contributed by atoms with Gasteiger partial charge in [-0.05, 0) is 147 Å². The molecule has 15 nitrogen and oxygen atoms in total. The predicted octanol–water partition coefficient (Wildman–Crippen LogP) is 7.94. The number of H-pyrrole nitrogens is 3. The van der Waals surface area contributed by atoms with Gasteiger partial charge in [-0.3, -0.25) is 29.1 Å². The molecule has 0 amide bonds. The number of nitrogens with zero attached hydrogens (tertiary/aromatic N) is 3. The third kappa shape index (κ3) is 8.90. The van der Waals surface area contributed by atoms with Crippen molar-refractivity contribution in [3.05, 3.63) is 107 Å². The Bertz CT molecular complexity index is 2870. The second kappa shape index (κ2) is 21.2. The first-order valence-electron chi connectivity index (χ1n) is 29.3. The van der Waals surface area contributed by atoms with Gasteiger partial charge in [0.05, 0.1) is 75.5 Å². The van der Waals surface area contributed by atoms with Crippen molar-refractivity contribution in [1.82, 2.24) is 29.7 Å². The molecule has 15 atom stereocenters. The van der Waals surface area contributed by atoms with Crippen LogP contribution in [0.1, 0.15) is 110 Å². The number of aliphatic hydroxyl groups excluding tert-OH is 3. The minimum atomic E-state index is -0.568. The first-order valence-corrected chi connectivity index (χ1v) is 29.3. The lowest BCUT2D eigenvalue weighted by atomic mass is 9.65. The monoisotopic (exact) mass is 1060 g/mol. The predicted molar refractivity (Wildman–Crippen MR) is 296 cm³/mol. The molecule has 78 heavy (non-hydrogen) atoms. The number of methoxy groups -OCH3 is 3. The van der Waals surface area contributed by atoms with Crippen LogP contribution in [0.2, 0.25) is 0 Å². The largest absolute Gasteiger partial charge is 0.469 e. The van der Waals surface area contributed by atoms with Crippen LogP contribution in [0, 0.1) is 53.3 Å². The third-order valence-electron chi connectivity index (χ3n) is 21.1. The van der Waals surface area contributed by atoms with E-state index in [2.05, 4.69) is 102 Å². The maximum Gasteiger partial charge on any atom is 0.311 e. The number of nitrogens with one attached hydrogen (secondary N) is 3. The molecule has 0 radical (unpaired) electrons. The number of carbonyl (C=O) groups is 3. The van der Waals surface area contributed by atoms with E-state index in [1.165, 1.54) is 87.8 Å². The normalized spacial score (nSPS) is 34.0. The highest BCUT2D eigenvalue weighted by molar-refractivity contribution is 5.87. The number of fused-ring (bicyclic) bond motifs is 18. The Labute approximate surface area is 456 Å². The van der Waals surface area contributed by atoms with Crippen LogP contribution in [0.5, 0.6) is 0 Å². The number of hydrogen-bond donors (Lipinski definition) is 6. The number of aromatic amines is 3. The number of carbonyl (C=O) groups excluding carboxylic acids is 3. The van der Waals surface area contributed by atoms with E-state index in [0.717, 1.165) is 97.1 Å². The number of piperidine rings is 3. The maximum absolute atomic E-state index is 12.4. The van der Waals surface area contributed by atoms with Gasteiger partial charge in [-0.2, -0.15) is 0 Å². The van der Waals surface area contributed by atoms with E-state index in [4.69, 9.17) is 14.2 Å². The number of aliphatic hydroxyl groups is 3. The summed E-state index contributed by atoms with van der Waals surface area (Å²) in [7, 11) is 4.30. The smallest absolute Gasteiger partial charge is 0.311 e. The molecule has 6 aliphatic heterocycles. The van der Waals surface area contributed by atoms with Gasteiger partial charge in [0.1, 0.15) is 0 Å². The summed E-state index contributed by atoms with van der Waals surface area (Å²) in [5.41, 5.74) is 11.9. The van der Waals surface area contributed by atoms with Gasteiger partial charge in [-0.1, -0.05) is 54.6 Å². The Morgan fingerprint density at radius 2 is 0.718 bits per heavy atom. The van der Waals surface area contributed by atoms with Crippen molar-refractivity contribution < 1.29 is 43.9 Å². The molecule has 0 spiro atoms. The molecule has 0 unspecified atom stereocenters. The Morgan fingerprint density at radius 1 is 0.436 bits per heavy atom. The van der Waals surface area contributed by atoms with Gasteiger partial charge in [0.15, 0.2) is 0 Å². The van der Waals surface area contributed by atoms with Crippen molar-refractivity contribution in [2.24, 2.45) is 53.3 Å². The summed E-state index contributed by atoms with van der Waals surface area (Å²) in [4.78, 5) is 55.9. The van der Waals surface area contributed by atoms with Gasteiger partial charge >= 0.3 is 17.9 Å². The van der Waals surface area contributed by atoms with Gasteiger partial charge < -0.3 is 44.5 Å². The first kappa shape index (κ1) is 51.9. The molecule has 6 aromatic rings. The van der Waals surface area contributed by atoms with E-state index in [1.54, 1.807) is 0 Å². The fourth-order valence-corrected chi connectivity index (χ4v) is 17.4. The average molecular weight is 1060 g/mol. The number of ether oxygens (including phenoxy) is 3. The van der Waals surface area contributed by atoms with Crippen LogP contribution in [0.25, 0.3) is 32.7 Å². The molecule has 0 bridgehead atoms. The van der Waals surface area contributed by atoms with Crippen LogP contribution in [0.15, 0.2) is 72.8 Å². The van der Waals surface area contributed by atoms with E-state index in [-0.39, 0.29) is 53.4 Å². The molecule has 15 heteroatoms. The Balaban J connectivity index is 0.000000111. The highest BCUT2D eigenvalue weighted by Crippen LogP contribution is 2.53. The molecule has 3 aliphatic carbocycles. The van der Waals surface area contributed by atoms with Gasteiger partial charge in [0.2, 0.25) is 0 Å². The van der Waals surface area contributed by atoms with Gasteiger partial charge in [0, 0.05) is 89.1 Å². The SMILES string of the molecule is COC(=O)[C@H]1[C@H]2C[C@H]3c4[nH]c5ccccc5c4CCN3C[C@H]2CC[C@@H]1O.COC(=O)[C@H]1[C@H]2C[C@H]3c4[nH]c5ccccc5c4CCN3C[C@H]2CC[C@@H]1O.COC(=O)[C@H]1[C@H]2C[C@H]3c4[nH]c5ccccc5c4CCN3C[C@H]2CC[C@@H]1O. The molecule has 6 N–H and O–H groups in total. The molecule has 15 rings (SSSR count). The van der Waals surface area contributed by atoms with Crippen LogP contribution in [-0.2, 0) is 47.9 Å². The van der Waals surface area contributed by atoms with Crippen LogP contribution in [0.3, 0.4) is 0 Å². The summed E-state index contributed by atoms with van der Waals surface area (Å²) in [6.07, 6.45) is 9.41. The highest BCUT2D eigenvalue weighted by atomic mass is 16.5. The topological polar surface area (TPSA) is 197 Å². The van der Waals surface area contributed by atoms with Crippen LogP contribution in [-0.4, -0.2) is 142 Å². The summed E-state index contributed by atoms with van der Waals surface area (Å²) in [5, 5.41) is 35.5. The Kier molecular flexibility index (Phi) is 14.1. The number of esters is 3. The molecular formula is C63H78N6O9. The molecule has 414 valence electrons. The fraction of sp³-hybridized carbons (Fsp3) is 0.571. The minimum Gasteiger partial charge on any atom is -0.469 e. The third-order valence-corrected chi connectivity index (χ3v) is 21.1. The van der Waals surface area contributed by atoms with Crippen molar-refractivity contribution in [2.45, 2.75) is 113 Å². The molecule has 3 aromatic heterocycles. The van der Waals surface area contributed by atoms with Crippen molar-refractivity contribution in [2.75, 3.05) is 60.6 Å². The van der Waals surface area contributed by atoms with Gasteiger partial charge in [0.25, 0.3) is 0 Å². The van der Waals surface area contributed by atoms with E-state index in [0.29, 0.717) is 55.1 Å². The van der Waals surface area contributed by atoms with Crippen molar-refractivity contribution in [3.8, 4) is 0 Å². The molecule has 6 fully saturated rings. The lowest BCUT2D eigenvalue weighted by Gasteiger charge is -2.50. The molecule has 3 saturated carbocycles. The zero-order valence-electron chi connectivity index (χ0n) is 45.4. The summed E-state index contributed by atoms with van der Waals surface area (Å²) in [6.45, 7) is 6.29. The van der Waals surface area contributed by atoms with Gasteiger partial charge in [-0.25, -0.2) is 0 Å². The summed E-state index contributed by atoms with van der Waals surface area (Å²) in [6, 6.07) is 26.5. The molecule has 9 heterocycles. The van der Waals surface area contributed by atoms with Crippen LogP contribution < -0.4 is 0 Å². The van der Waals surface area contributed by atoms with E-state index >= 15 is 0 Å². The summed E-state index contributed by atoms with van der Waals surface area (Å²) < 4.78 is 15.1. The van der Waals surface area contributed by atoms with Crippen LogP contribution in [0.4, 0.5) is 0 Å². The van der Waals surface area contributed by atoms with E-state index in [1.807, 2.05) is 0 Å². The number of hydrogen-bond acceptors (Lipinski definition) is 12. The van der Waals surface area contributed by atoms with Crippen molar-refractivity contribution >= 4 is 50.6 Å². The van der Waals surface area contributed by atoms with Gasteiger partial charge in [-0.15, -0.1) is 0 Å². The van der Waals surface area contributed by atoms with Crippen molar-refractivity contribution in [3.63, 3.8) is 0 Å². The highest BCUT2D eigenvalue weighted by Gasteiger charge is 2.53. The quantitative estimate of drug-likeness (QED) is 0.0741. The molecule has 3 saturated heterocycles. The number of para-hydroxylation sites is 3. The Hall–Kier alpha value is -5.55. The molecule has 9 aliphatic rings. The average Bonchev–Trinajstić information content (AvgIpc) is 4.23. The number of benzene rings is 3. The second-order valence-corrected chi connectivity index (χ2v) is 24.5.